The summed E-state index contributed by atoms with van der Waals surface area (Å²) in [5, 5.41) is 0. The highest BCUT2D eigenvalue weighted by Gasteiger charge is 2.46. The van der Waals surface area contributed by atoms with Gasteiger partial charge in [0.1, 0.15) is 5.82 Å². The van der Waals surface area contributed by atoms with Gasteiger partial charge in [-0.1, -0.05) is 74.6 Å². The molecule has 0 unspecified atom stereocenters. The zero-order valence-corrected chi connectivity index (χ0v) is 26.5. The summed E-state index contributed by atoms with van der Waals surface area (Å²) >= 11 is 0. The highest BCUT2D eigenvalue weighted by atomic mass is 19.1. The van der Waals surface area contributed by atoms with Crippen molar-refractivity contribution >= 4 is 23.7 Å². The van der Waals surface area contributed by atoms with Crippen LogP contribution >= 0.6 is 0 Å². The maximum absolute atomic E-state index is 13.1. The molecule has 3 aliphatic rings. The van der Waals surface area contributed by atoms with Crippen molar-refractivity contribution in [3.05, 3.63) is 107 Å². The average Bonchev–Trinajstić information content (AvgIpc) is 3.75. The fraction of sp³-hybridized carbons (Fsp3) is 0.316. The molecule has 2 saturated heterocycles. The molecule has 1 aliphatic carbocycles. The molecule has 0 N–H and O–H groups in total. The Kier molecular flexibility index (Phi) is 9.08. The first kappa shape index (κ1) is 31.6. The smallest absolute Gasteiger partial charge is 0.232 e. The molecule has 236 valence electrons. The summed E-state index contributed by atoms with van der Waals surface area (Å²) in [6.45, 7) is 5.47. The van der Waals surface area contributed by atoms with Gasteiger partial charge in [-0.2, -0.15) is 0 Å². The average molecular weight is 627 g/mol. The van der Waals surface area contributed by atoms with Crippen LogP contribution < -0.4 is 9.80 Å². The van der Waals surface area contributed by atoms with Crippen molar-refractivity contribution in [2.45, 2.75) is 52.4 Å². The van der Waals surface area contributed by atoms with E-state index in [1.807, 2.05) is 44.2 Å². The fourth-order valence-electron chi connectivity index (χ4n) is 6.22. The van der Waals surface area contributed by atoms with Gasteiger partial charge in [-0.05, 0) is 54.0 Å². The molecule has 0 bridgehead atoms. The minimum absolute atomic E-state index is 0.0357. The van der Waals surface area contributed by atoms with Gasteiger partial charge in [0.05, 0.1) is 11.1 Å². The predicted molar refractivity (Wildman–Crippen MR) is 177 cm³/mol. The molecule has 9 heteroatoms. The van der Waals surface area contributed by atoms with Crippen molar-refractivity contribution in [2.24, 2.45) is 10.8 Å². The summed E-state index contributed by atoms with van der Waals surface area (Å²) < 4.78 is 13.1. The second-order valence-electron chi connectivity index (χ2n) is 13.1. The Morgan fingerprint density at radius 3 is 1.70 bits per heavy atom. The van der Waals surface area contributed by atoms with Gasteiger partial charge in [0, 0.05) is 61.8 Å². The van der Waals surface area contributed by atoms with Crippen molar-refractivity contribution in [1.82, 2.24) is 19.9 Å². The van der Waals surface area contributed by atoms with Gasteiger partial charge in [-0.3, -0.25) is 19.4 Å². The van der Waals surface area contributed by atoms with E-state index in [4.69, 9.17) is 0 Å². The van der Waals surface area contributed by atoms with Crippen LogP contribution in [0.1, 0.15) is 74.6 Å². The lowest BCUT2D eigenvalue weighted by molar-refractivity contribution is -0.118. The summed E-state index contributed by atoms with van der Waals surface area (Å²) in [5.74, 6) is 12.7. The number of rotatable bonds is 2. The number of amides is 2. The number of carbonyl (C=O) groups is 2. The Bertz CT molecular complexity index is 1880. The summed E-state index contributed by atoms with van der Waals surface area (Å²) in [6, 6.07) is 15.9. The highest BCUT2D eigenvalue weighted by Crippen LogP contribution is 2.46. The maximum atomic E-state index is 13.1. The van der Waals surface area contributed by atoms with E-state index in [1.165, 1.54) is 25.0 Å². The first-order valence-corrected chi connectivity index (χ1v) is 15.8. The lowest BCUT2D eigenvalue weighted by atomic mass is 9.85. The largest absolute Gasteiger partial charge is 0.280 e. The molecule has 2 aromatic heterocycles. The second kappa shape index (κ2) is 13.5. The lowest BCUT2D eigenvalue weighted by Gasteiger charge is -2.21. The van der Waals surface area contributed by atoms with Crippen LogP contribution in [0.3, 0.4) is 0 Å². The van der Waals surface area contributed by atoms with E-state index in [1.54, 1.807) is 46.7 Å². The summed E-state index contributed by atoms with van der Waals surface area (Å²) in [4.78, 5) is 44.9. The van der Waals surface area contributed by atoms with Crippen LogP contribution in [-0.2, 0) is 9.59 Å². The number of carbonyl (C=O) groups excluding carboxylic acids is 2. The minimum atomic E-state index is -0.321. The van der Waals surface area contributed by atoms with E-state index >= 15 is 0 Å². The van der Waals surface area contributed by atoms with Gasteiger partial charge >= 0.3 is 0 Å². The number of anilines is 2. The quantitative estimate of drug-likeness (QED) is 0.256. The fourth-order valence-corrected chi connectivity index (χ4v) is 6.22. The number of benzene rings is 2. The molecule has 4 aromatic rings. The van der Waals surface area contributed by atoms with Gasteiger partial charge in [0.15, 0.2) is 0 Å². The van der Waals surface area contributed by atoms with Gasteiger partial charge in [0.25, 0.3) is 0 Å². The number of halogens is 1. The molecule has 1 spiro atoms. The maximum Gasteiger partial charge on any atom is 0.232 e. The monoisotopic (exact) mass is 626 g/mol. The second-order valence-corrected chi connectivity index (χ2v) is 13.1. The Balaban J connectivity index is 0.000000165. The SMILES string of the molecule is CC1(C)CC(=O)N(c2ncc(C#Cc3cccc(F)c3)cn2)C1.O=C1CC2(CCCC2)CN1c1ncc(C#Cc2ccccc2)cn1. The predicted octanol–water partition coefficient (Wildman–Crippen LogP) is 5.95. The highest BCUT2D eigenvalue weighted by molar-refractivity contribution is 5.95. The van der Waals surface area contributed by atoms with Gasteiger partial charge < -0.3 is 0 Å². The van der Waals surface area contributed by atoms with Crippen molar-refractivity contribution in [2.75, 3.05) is 22.9 Å². The van der Waals surface area contributed by atoms with Crippen molar-refractivity contribution in [3.8, 4) is 23.7 Å². The molecule has 7 rings (SSSR count). The molecule has 2 aliphatic heterocycles. The summed E-state index contributed by atoms with van der Waals surface area (Å²) in [7, 11) is 0. The Morgan fingerprint density at radius 1 is 0.638 bits per heavy atom. The number of aromatic nitrogens is 4. The van der Waals surface area contributed by atoms with E-state index in [0.717, 1.165) is 30.5 Å². The molecule has 8 nitrogen and oxygen atoms in total. The first-order valence-electron chi connectivity index (χ1n) is 15.8. The van der Waals surface area contributed by atoms with Crippen molar-refractivity contribution in [1.29, 1.82) is 0 Å². The van der Waals surface area contributed by atoms with E-state index in [0.29, 0.717) is 42.4 Å². The van der Waals surface area contributed by atoms with Crippen LogP contribution in [0.25, 0.3) is 0 Å². The minimum Gasteiger partial charge on any atom is -0.280 e. The van der Waals surface area contributed by atoms with Crippen LogP contribution in [0, 0.1) is 40.3 Å². The van der Waals surface area contributed by atoms with Gasteiger partial charge in [-0.15, -0.1) is 0 Å². The third-order valence-corrected chi connectivity index (χ3v) is 8.56. The van der Waals surface area contributed by atoms with E-state index in [-0.39, 0.29) is 28.5 Å². The topological polar surface area (TPSA) is 92.2 Å². The molecule has 4 heterocycles. The summed E-state index contributed by atoms with van der Waals surface area (Å²) in [6.07, 6.45) is 12.5. The molecular weight excluding hydrogens is 591 g/mol. The van der Waals surface area contributed by atoms with Crippen LogP contribution in [-0.4, -0.2) is 44.8 Å². The normalized spacial score (nSPS) is 17.4. The van der Waals surface area contributed by atoms with Crippen LogP contribution in [0.2, 0.25) is 0 Å². The number of hydrogen-bond acceptors (Lipinski definition) is 6. The zero-order valence-electron chi connectivity index (χ0n) is 26.5. The standard InChI is InChI=1S/C20H19N3O.C18H16FN3O/c24-18-12-20(10-4-5-11-20)15-23(18)19-21-13-17(14-22-19)9-8-16-6-2-1-3-7-16;1-18(2)9-16(23)22(12-18)17-20-10-14(11-21-17)7-6-13-4-3-5-15(19)8-13/h1-3,6-7,13-14H,4-5,10-12,15H2;3-5,8,10-11H,9,12H2,1-2H3. The van der Waals surface area contributed by atoms with Gasteiger partial charge in [-0.25, -0.2) is 24.3 Å². The van der Waals surface area contributed by atoms with Crippen molar-refractivity contribution < 1.29 is 14.0 Å². The van der Waals surface area contributed by atoms with E-state index < -0.39 is 0 Å². The number of hydrogen-bond donors (Lipinski definition) is 0. The van der Waals surface area contributed by atoms with Gasteiger partial charge in [0.2, 0.25) is 23.7 Å². The summed E-state index contributed by atoms with van der Waals surface area (Å²) in [5.41, 5.74) is 3.03. The van der Waals surface area contributed by atoms with Crippen LogP contribution in [0.5, 0.6) is 0 Å². The number of nitrogens with zero attached hydrogens (tertiary/aromatic N) is 6. The molecule has 2 amide bonds. The molecule has 0 atom stereocenters. The first-order chi connectivity index (χ1) is 22.7. The third kappa shape index (κ3) is 7.88. The Labute approximate surface area is 274 Å². The van der Waals surface area contributed by atoms with Crippen LogP contribution in [0.4, 0.5) is 16.3 Å². The molecule has 1 saturated carbocycles. The Morgan fingerprint density at radius 2 is 1.15 bits per heavy atom. The Hall–Kier alpha value is -5.41. The van der Waals surface area contributed by atoms with Crippen LogP contribution in [0.15, 0.2) is 79.4 Å². The zero-order chi connectivity index (χ0) is 32.9. The molecular formula is C38H35FN6O2. The third-order valence-electron chi connectivity index (χ3n) is 8.56. The molecule has 2 aromatic carbocycles. The van der Waals surface area contributed by atoms with E-state index in [2.05, 4.69) is 43.6 Å². The molecule has 0 radical (unpaired) electrons. The molecule has 47 heavy (non-hydrogen) atoms. The molecule has 3 fully saturated rings. The van der Waals surface area contributed by atoms with E-state index in [9.17, 15) is 14.0 Å². The van der Waals surface area contributed by atoms with Crippen molar-refractivity contribution in [3.63, 3.8) is 0 Å². The lowest BCUT2D eigenvalue weighted by Crippen LogP contribution is -2.28.